The van der Waals surface area contributed by atoms with Gasteiger partial charge in [0.15, 0.2) is 12.4 Å². The van der Waals surface area contributed by atoms with E-state index >= 15 is 0 Å². The number of carboxylic acids is 1. The van der Waals surface area contributed by atoms with E-state index in [0.717, 1.165) is 17.6 Å². The molecule has 0 spiro atoms. The number of nitrogens with zero attached hydrogens (tertiary/aromatic N) is 4. The van der Waals surface area contributed by atoms with Crippen molar-refractivity contribution in [3.05, 3.63) is 5.82 Å². The number of carboxylic acid groups (broad SMARTS) is 1. The Balaban J connectivity index is 2.20. The third-order valence-corrected chi connectivity index (χ3v) is 4.24. The molecule has 0 aliphatic carbocycles. The molecule has 0 radical (unpaired) electrons. The Morgan fingerprint density at radius 3 is 2.17 bits per heavy atom. The largest absolute Gasteiger partial charge is 0.480 e. The van der Waals surface area contributed by atoms with Gasteiger partial charge in [-0.25, -0.2) is 0 Å². The van der Waals surface area contributed by atoms with Crippen molar-refractivity contribution in [1.29, 1.82) is 0 Å². The summed E-state index contributed by atoms with van der Waals surface area (Å²) in [6.45, 7) is 6.21. The smallest absolute Gasteiger partial charge is 0.327 e. The first-order chi connectivity index (χ1) is 11.0. The Morgan fingerprint density at radius 1 is 1.04 bits per heavy atom. The van der Waals surface area contributed by atoms with Crippen LogP contribution in [0.15, 0.2) is 0 Å². The molecular weight excluding hydrogens is 292 g/mol. The summed E-state index contributed by atoms with van der Waals surface area (Å²) in [6.07, 6.45) is 12.8. The van der Waals surface area contributed by atoms with Crippen LogP contribution in [0, 0.1) is 0 Å². The number of tetrazole rings is 1. The Morgan fingerprint density at radius 2 is 1.61 bits per heavy atom. The van der Waals surface area contributed by atoms with Gasteiger partial charge in [0.25, 0.3) is 0 Å². The van der Waals surface area contributed by atoms with Crippen molar-refractivity contribution in [3.63, 3.8) is 0 Å². The fourth-order valence-corrected chi connectivity index (χ4v) is 2.69. The predicted molar refractivity (Wildman–Crippen MR) is 90.3 cm³/mol. The van der Waals surface area contributed by atoms with Gasteiger partial charge in [0.2, 0.25) is 0 Å². The molecule has 6 heteroatoms. The van der Waals surface area contributed by atoms with Gasteiger partial charge in [0.1, 0.15) is 0 Å². The van der Waals surface area contributed by atoms with Crippen LogP contribution in [0.1, 0.15) is 90.8 Å². The zero-order valence-electron chi connectivity index (χ0n) is 14.9. The average molecular weight is 324 g/mol. The maximum atomic E-state index is 10.7. The van der Waals surface area contributed by atoms with Crippen molar-refractivity contribution >= 4 is 5.97 Å². The summed E-state index contributed by atoms with van der Waals surface area (Å²) in [5.41, 5.74) is -0.155. The van der Waals surface area contributed by atoms with Crippen LogP contribution in [0.4, 0.5) is 0 Å². The van der Waals surface area contributed by atoms with E-state index in [-0.39, 0.29) is 12.0 Å². The van der Waals surface area contributed by atoms with Gasteiger partial charge < -0.3 is 5.11 Å². The van der Waals surface area contributed by atoms with E-state index in [1.54, 1.807) is 0 Å². The minimum absolute atomic E-state index is 0.155. The van der Waals surface area contributed by atoms with Crippen LogP contribution in [-0.4, -0.2) is 31.3 Å². The molecular formula is C17H32N4O2. The topological polar surface area (TPSA) is 80.9 Å². The fourth-order valence-electron chi connectivity index (χ4n) is 2.69. The molecule has 0 aromatic carbocycles. The van der Waals surface area contributed by atoms with Crippen molar-refractivity contribution in [2.45, 2.75) is 96.9 Å². The van der Waals surface area contributed by atoms with Crippen molar-refractivity contribution in [1.82, 2.24) is 20.2 Å². The van der Waals surface area contributed by atoms with E-state index in [2.05, 4.69) is 36.2 Å². The van der Waals surface area contributed by atoms with Crippen LogP contribution in [0.25, 0.3) is 0 Å². The summed E-state index contributed by atoms with van der Waals surface area (Å²) < 4.78 is 0. The highest BCUT2D eigenvalue weighted by Gasteiger charge is 2.25. The molecule has 1 N–H and O–H groups in total. The van der Waals surface area contributed by atoms with Crippen LogP contribution in [0.2, 0.25) is 0 Å². The Hall–Kier alpha value is -1.46. The summed E-state index contributed by atoms with van der Waals surface area (Å²) in [5, 5.41) is 20.8. The van der Waals surface area contributed by atoms with E-state index in [9.17, 15) is 4.79 Å². The lowest BCUT2D eigenvalue weighted by Crippen LogP contribution is -2.20. The number of unbranched alkanes of at least 4 members (excludes halogenated alkanes) is 8. The fraction of sp³-hybridized carbons (Fsp3) is 0.882. The van der Waals surface area contributed by atoms with Gasteiger partial charge in [-0.05, 0) is 11.6 Å². The lowest BCUT2D eigenvalue weighted by atomic mass is 9.86. The average Bonchev–Trinajstić information content (AvgIpc) is 2.94. The normalized spacial score (nSPS) is 11.8. The van der Waals surface area contributed by atoms with Crippen LogP contribution < -0.4 is 0 Å². The van der Waals surface area contributed by atoms with Gasteiger partial charge in [-0.2, -0.15) is 4.80 Å². The molecule has 1 heterocycles. The van der Waals surface area contributed by atoms with Crippen LogP contribution in [0.5, 0.6) is 0 Å². The van der Waals surface area contributed by atoms with Gasteiger partial charge in [-0.3, -0.25) is 4.79 Å². The Labute approximate surface area is 139 Å². The number of hydrogen-bond donors (Lipinski definition) is 1. The monoisotopic (exact) mass is 324 g/mol. The molecule has 0 aliphatic heterocycles. The highest BCUT2D eigenvalue weighted by Crippen LogP contribution is 2.26. The minimum atomic E-state index is -0.953. The Bertz CT molecular complexity index is 457. The van der Waals surface area contributed by atoms with Gasteiger partial charge in [0.05, 0.1) is 0 Å². The molecule has 0 saturated heterocycles. The highest BCUT2D eigenvalue weighted by atomic mass is 16.4. The van der Waals surface area contributed by atoms with Crippen LogP contribution >= 0.6 is 0 Å². The molecule has 0 bridgehead atoms. The van der Waals surface area contributed by atoms with Gasteiger partial charge >= 0.3 is 5.97 Å². The summed E-state index contributed by atoms with van der Waals surface area (Å²) >= 11 is 0. The third kappa shape index (κ3) is 8.09. The van der Waals surface area contributed by atoms with Crippen LogP contribution in [0.3, 0.4) is 0 Å². The second-order valence-electron chi connectivity index (χ2n) is 7.00. The standard InChI is InChI=1S/C17H32N4O2/c1-4-5-6-7-8-9-10-11-12-13-17(2,3)16-18-20-21(19-16)14-15(22)23/h4-14H2,1-3H3,(H,22,23). The number of hydrogen-bond acceptors (Lipinski definition) is 4. The summed E-state index contributed by atoms with van der Waals surface area (Å²) in [6, 6.07) is 0. The Kier molecular flexibility index (Phi) is 8.81. The molecule has 0 saturated carbocycles. The molecule has 0 aliphatic rings. The quantitative estimate of drug-likeness (QED) is 0.555. The van der Waals surface area contributed by atoms with Crippen molar-refractivity contribution < 1.29 is 9.90 Å². The summed E-state index contributed by atoms with van der Waals surface area (Å²) in [4.78, 5) is 11.8. The van der Waals surface area contributed by atoms with Crippen LogP contribution in [-0.2, 0) is 16.8 Å². The van der Waals surface area contributed by atoms with Gasteiger partial charge in [0, 0.05) is 5.41 Å². The van der Waals surface area contributed by atoms with E-state index in [4.69, 9.17) is 5.11 Å². The van der Waals surface area contributed by atoms with E-state index in [1.165, 1.54) is 51.4 Å². The first-order valence-corrected chi connectivity index (χ1v) is 8.96. The lowest BCUT2D eigenvalue weighted by molar-refractivity contribution is -0.138. The molecule has 6 nitrogen and oxygen atoms in total. The molecule has 0 atom stereocenters. The molecule has 0 unspecified atom stereocenters. The first-order valence-electron chi connectivity index (χ1n) is 8.96. The molecule has 1 rings (SSSR count). The van der Waals surface area contributed by atoms with E-state index < -0.39 is 5.97 Å². The number of carbonyl (C=O) groups is 1. The molecule has 1 aromatic heterocycles. The zero-order valence-corrected chi connectivity index (χ0v) is 14.9. The van der Waals surface area contributed by atoms with Gasteiger partial charge in [-0.15, -0.1) is 10.2 Å². The van der Waals surface area contributed by atoms with Crippen molar-refractivity contribution in [2.24, 2.45) is 0 Å². The minimum Gasteiger partial charge on any atom is -0.480 e. The third-order valence-electron chi connectivity index (χ3n) is 4.24. The lowest BCUT2D eigenvalue weighted by Gasteiger charge is -2.19. The van der Waals surface area contributed by atoms with Crippen molar-refractivity contribution in [2.75, 3.05) is 0 Å². The van der Waals surface area contributed by atoms with Crippen molar-refractivity contribution in [3.8, 4) is 0 Å². The predicted octanol–water partition coefficient (Wildman–Crippen LogP) is 3.96. The SMILES string of the molecule is CCCCCCCCCCCC(C)(C)c1nnn(CC(=O)O)n1. The van der Waals surface area contributed by atoms with E-state index in [0.29, 0.717) is 5.82 Å². The summed E-state index contributed by atoms with van der Waals surface area (Å²) in [7, 11) is 0. The first kappa shape index (κ1) is 19.6. The molecule has 1 aromatic rings. The molecule has 0 amide bonds. The number of rotatable bonds is 13. The second-order valence-corrected chi connectivity index (χ2v) is 7.00. The maximum absolute atomic E-state index is 10.7. The number of aliphatic carboxylic acids is 1. The maximum Gasteiger partial charge on any atom is 0.327 e. The summed E-state index contributed by atoms with van der Waals surface area (Å²) in [5.74, 6) is -0.316. The van der Waals surface area contributed by atoms with E-state index in [1.807, 2.05) is 0 Å². The highest BCUT2D eigenvalue weighted by molar-refractivity contribution is 5.66. The molecule has 0 fully saturated rings. The number of aromatic nitrogens is 4. The van der Waals surface area contributed by atoms with Gasteiger partial charge in [-0.1, -0.05) is 78.6 Å². The molecule has 23 heavy (non-hydrogen) atoms. The second kappa shape index (κ2) is 10.3. The zero-order chi connectivity index (χ0) is 17.1. The molecule has 132 valence electrons.